The van der Waals surface area contributed by atoms with Gasteiger partial charge >= 0.3 is 18.2 Å². The quantitative estimate of drug-likeness (QED) is 0.928. The minimum Gasteiger partial charge on any atom is -0.481 e. The zero-order valence-corrected chi connectivity index (χ0v) is 10.8. The molecule has 0 spiro atoms. The summed E-state index contributed by atoms with van der Waals surface area (Å²) in [5.74, 6) is -1.15. The van der Waals surface area contributed by atoms with Gasteiger partial charge in [0.2, 0.25) is 0 Å². The van der Waals surface area contributed by atoms with Gasteiger partial charge in [-0.3, -0.25) is 9.69 Å². The summed E-state index contributed by atoms with van der Waals surface area (Å²) >= 11 is 0. The molecule has 0 radical (unpaired) electrons. The molecule has 1 fully saturated rings. The van der Waals surface area contributed by atoms with Crippen molar-refractivity contribution in [1.29, 1.82) is 0 Å². The van der Waals surface area contributed by atoms with Crippen molar-refractivity contribution >= 4 is 12.1 Å². The number of amides is 1. The lowest BCUT2D eigenvalue weighted by Crippen LogP contribution is -2.35. The normalized spacial score (nSPS) is 18.7. The first-order chi connectivity index (χ1) is 9.79. The fourth-order valence-corrected chi connectivity index (χ4v) is 2.17. The number of nitrogens with zero attached hydrogens (tertiary/aromatic N) is 1. The average Bonchev–Trinajstić information content (AvgIpc) is 2.70. The van der Waals surface area contributed by atoms with E-state index in [1.165, 1.54) is 18.2 Å². The Labute approximate surface area is 117 Å². The molecule has 114 valence electrons. The minimum atomic E-state index is -4.54. The molecule has 0 aromatic heterocycles. The maximum Gasteiger partial charge on any atom is 0.416 e. The zero-order valence-electron chi connectivity index (χ0n) is 10.8. The van der Waals surface area contributed by atoms with Crippen LogP contribution in [0.3, 0.4) is 0 Å². The first-order valence-electron chi connectivity index (χ1n) is 6.09. The number of aliphatic carboxylic acids is 1. The molecular weight excluding hydrogens is 291 g/mol. The van der Waals surface area contributed by atoms with E-state index in [9.17, 15) is 22.8 Å². The molecule has 1 aromatic rings. The lowest BCUT2D eigenvalue weighted by molar-refractivity contribution is -0.139. The summed E-state index contributed by atoms with van der Waals surface area (Å²) in [6.45, 7) is -0.480. The van der Waals surface area contributed by atoms with Crippen LogP contribution in [0, 0.1) is 0 Å². The number of hydrogen-bond acceptors (Lipinski definition) is 3. The van der Waals surface area contributed by atoms with Crippen LogP contribution in [0.5, 0.6) is 0 Å². The Morgan fingerprint density at radius 3 is 2.67 bits per heavy atom. The number of halogens is 3. The van der Waals surface area contributed by atoms with E-state index in [2.05, 4.69) is 0 Å². The molecule has 0 saturated carbocycles. The fourth-order valence-electron chi connectivity index (χ4n) is 2.17. The number of carbonyl (C=O) groups is 2. The van der Waals surface area contributed by atoms with Crippen LogP contribution in [0.2, 0.25) is 0 Å². The number of carbonyl (C=O) groups excluding carboxylic acids is 1. The standard InChI is InChI=1S/C13H12F3NO4/c14-13(15,16)10-4-2-1-3-8(10)6-17-9(5-11(18)19)7-21-12(17)20/h1-4,9H,5-7H2,(H,18,19). The van der Waals surface area contributed by atoms with Crippen LogP contribution in [-0.2, 0) is 22.3 Å². The smallest absolute Gasteiger partial charge is 0.416 e. The predicted octanol–water partition coefficient (Wildman–Crippen LogP) is 2.50. The first kappa shape index (κ1) is 15.1. The van der Waals surface area contributed by atoms with Crippen molar-refractivity contribution in [2.45, 2.75) is 25.2 Å². The van der Waals surface area contributed by atoms with Gasteiger partial charge in [-0.25, -0.2) is 4.79 Å². The van der Waals surface area contributed by atoms with Gasteiger partial charge in [0.05, 0.1) is 24.6 Å². The molecule has 5 nitrogen and oxygen atoms in total. The number of ether oxygens (including phenoxy) is 1. The van der Waals surface area contributed by atoms with Crippen LogP contribution in [-0.4, -0.2) is 34.7 Å². The second kappa shape index (κ2) is 5.63. The summed E-state index contributed by atoms with van der Waals surface area (Å²) in [5, 5.41) is 8.75. The number of cyclic esters (lactones) is 1. The largest absolute Gasteiger partial charge is 0.481 e. The number of benzene rings is 1. The summed E-state index contributed by atoms with van der Waals surface area (Å²) in [4.78, 5) is 23.3. The molecule has 1 amide bonds. The number of carboxylic acids is 1. The van der Waals surface area contributed by atoms with Gasteiger partial charge in [-0.15, -0.1) is 0 Å². The molecule has 1 aliphatic rings. The van der Waals surface area contributed by atoms with Crippen molar-refractivity contribution in [3.8, 4) is 0 Å². The molecule has 1 heterocycles. The molecule has 21 heavy (non-hydrogen) atoms. The molecule has 1 N–H and O–H groups in total. The van der Waals surface area contributed by atoms with E-state index in [1.807, 2.05) is 0 Å². The van der Waals surface area contributed by atoms with Gasteiger partial charge < -0.3 is 9.84 Å². The Kier molecular flexibility index (Phi) is 4.06. The summed E-state index contributed by atoms with van der Waals surface area (Å²) in [7, 11) is 0. The van der Waals surface area contributed by atoms with Crippen LogP contribution >= 0.6 is 0 Å². The van der Waals surface area contributed by atoms with E-state index in [-0.39, 0.29) is 25.1 Å². The summed E-state index contributed by atoms with van der Waals surface area (Å²) in [6, 6.07) is 4.09. The Morgan fingerprint density at radius 1 is 1.38 bits per heavy atom. The van der Waals surface area contributed by atoms with E-state index in [4.69, 9.17) is 9.84 Å². The van der Waals surface area contributed by atoms with Crippen molar-refractivity contribution in [2.75, 3.05) is 6.61 Å². The van der Waals surface area contributed by atoms with Gasteiger partial charge in [-0.2, -0.15) is 13.2 Å². The second-order valence-electron chi connectivity index (χ2n) is 4.61. The first-order valence-corrected chi connectivity index (χ1v) is 6.09. The van der Waals surface area contributed by atoms with Crippen LogP contribution in [0.1, 0.15) is 17.5 Å². The number of rotatable bonds is 4. The SMILES string of the molecule is O=C(O)CC1COC(=O)N1Cc1ccccc1C(F)(F)F. The molecule has 1 saturated heterocycles. The number of carboxylic acid groups (broad SMARTS) is 1. The van der Waals surface area contributed by atoms with E-state index < -0.39 is 29.8 Å². The predicted molar refractivity (Wildman–Crippen MR) is 64.4 cm³/mol. The average molecular weight is 303 g/mol. The summed E-state index contributed by atoms with van der Waals surface area (Å²) in [5.41, 5.74) is -0.946. The highest BCUT2D eigenvalue weighted by Gasteiger charge is 2.38. The molecule has 1 unspecified atom stereocenters. The Bertz CT molecular complexity index is 559. The van der Waals surface area contributed by atoms with Crippen molar-refractivity contribution in [1.82, 2.24) is 4.90 Å². The maximum atomic E-state index is 12.9. The second-order valence-corrected chi connectivity index (χ2v) is 4.61. The van der Waals surface area contributed by atoms with Gasteiger partial charge in [0.1, 0.15) is 6.61 Å². The Hall–Kier alpha value is -2.25. The van der Waals surface area contributed by atoms with Crippen molar-refractivity contribution in [3.05, 3.63) is 35.4 Å². The topological polar surface area (TPSA) is 66.8 Å². The molecule has 8 heteroatoms. The monoisotopic (exact) mass is 303 g/mol. The van der Waals surface area contributed by atoms with E-state index in [0.717, 1.165) is 11.0 Å². The number of hydrogen-bond donors (Lipinski definition) is 1. The highest BCUT2D eigenvalue weighted by molar-refractivity contribution is 5.73. The molecule has 0 aliphatic carbocycles. The molecule has 2 rings (SSSR count). The van der Waals surface area contributed by atoms with E-state index >= 15 is 0 Å². The zero-order chi connectivity index (χ0) is 15.6. The molecular formula is C13H12F3NO4. The van der Waals surface area contributed by atoms with Gasteiger partial charge in [0.15, 0.2) is 0 Å². The van der Waals surface area contributed by atoms with Crippen molar-refractivity contribution in [2.24, 2.45) is 0 Å². The highest BCUT2D eigenvalue weighted by atomic mass is 19.4. The van der Waals surface area contributed by atoms with Crippen LogP contribution < -0.4 is 0 Å². The van der Waals surface area contributed by atoms with Crippen LogP contribution in [0.4, 0.5) is 18.0 Å². The van der Waals surface area contributed by atoms with Gasteiger partial charge in [-0.05, 0) is 11.6 Å². The van der Waals surface area contributed by atoms with Gasteiger partial charge in [0, 0.05) is 0 Å². The lowest BCUT2D eigenvalue weighted by Gasteiger charge is -2.22. The summed E-state index contributed by atoms with van der Waals surface area (Å²) < 4.78 is 43.4. The molecule has 1 aromatic carbocycles. The third-order valence-electron chi connectivity index (χ3n) is 3.15. The van der Waals surface area contributed by atoms with Crippen LogP contribution in [0.15, 0.2) is 24.3 Å². The van der Waals surface area contributed by atoms with Crippen molar-refractivity contribution < 1.29 is 32.6 Å². The maximum absolute atomic E-state index is 12.9. The van der Waals surface area contributed by atoms with Gasteiger partial charge in [-0.1, -0.05) is 18.2 Å². The molecule has 0 bridgehead atoms. The van der Waals surface area contributed by atoms with E-state index in [1.54, 1.807) is 0 Å². The van der Waals surface area contributed by atoms with E-state index in [0.29, 0.717) is 0 Å². The van der Waals surface area contributed by atoms with Gasteiger partial charge in [0.25, 0.3) is 0 Å². The Balaban J connectivity index is 2.24. The minimum absolute atomic E-state index is 0.0979. The molecule has 1 atom stereocenters. The van der Waals surface area contributed by atoms with Crippen LogP contribution in [0.25, 0.3) is 0 Å². The molecule has 1 aliphatic heterocycles. The number of alkyl halides is 3. The lowest BCUT2D eigenvalue weighted by atomic mass is 10.1. The highest BCUT2D eigenvalue weighted by Crippen LogP contribution is 2.33. The third kappa shape index (κ3) is 3.45. The van der Waals surface area contributed by atoms with Crippen molar-refractivity contribution in [3.63, 3.8) is 0 Å². The summed E-state index contributed by atoms with van der Waals surface area (Å²) in [6.07, 6.45) is -5.72. The Morgan fingerprint density at radius 2 is 2.05 bits per heavy atom. The third-order valence-corrected chi connectivity index (χ3v) is 3.15. The fraction of sp³-hybridized carbons (Fsp3) is 0.385.